The first-order valence-electron chi connectivity index (χ1n) is 15.8. The van der Waals surface area contributed by atoms with Crippen molar-refractivity contribution in [2.75, 3.05) is 0 Å². The number of nitrogens with zero attached hydrogens (tertiary/aromatic N) is 4. The van der Waals surface area contributed by atoms with E-state index in [1.165, 1.54) is 5.56 Å². The number of pyridine rings is 1. The van der Waals surface area contributed by atoms with Crippen molar-refractivity contribution in [2.24, 2.45) is 0 Å². The van der Waals surface area contributed by atoms with Gasteiger partial charge in [-0.25, -0.2) is 4.98 Å². The second-order valence-electron chi connectivity index (χ2n) is 14.0. The number of benzene rings is 4. The Labute approximate surface area is 290 Å². The predicted molar refractivity (Wildman–Crippen MR) is 187 cm³/mol. The van der Waals surface area contributed by atoms with E-state index in [9.17, 15) is 0 Å². The molecule has 3 heterocycles. The van der Waals surface area contributed by atoms with Crippen LogP contribution in [0.1, 0.15) is 58.5 Å². The molecular formula is C41H38N4OPd. The van der Waals surface area contributed by atoms with Crippen LogP contribution >= 0.6 is 0 Å². The minimum atomic E-state index is -0.192. The molecule has 0 aliphatic heterocycles. The summed E-state index contributed by atoms with van der Waals surface area (Å²) in [7, 11) is 0. The van der Waals surface area contributed by atoms with Crippen LogP contribution in [0.15, 0.2) is 103 Å². The number of aromatic nitrogens is 4. The molecule has 0 saturated heterocycles. The summed E-state index contributed by atoms with van der Waals surface area (Å²) >= 11 is 0. The molecule has 0 spiro atoms. The van der Waals surface area contributed by atoms with E-state index in [1.807, 2.05) is 36.5 Å². The van der Waals surface area contributed by atoms with Crippen molar-refractivity contribution in [3.05, 3.63) is 132 Å². The molecule has 0 unspecified atom stereocenters. The molecule has 0 bridgehead atoms. The van der Waals surface area contributed by atoms with Crippen LogP contribution in [-0.2, 0) is 31.3 Å². The molecule has 0 atom stereocenters. The topological polar surface area (TPSA) is 44.9 Å². The minimum Gasteiger partial charge on any atom is -0.509 e. The third-order valence-corrected chi connectivity index (χ3v) is 8.26. The smallest absolute Gasteiger partial charge is 0.509 e. The van der Waals surface area contributed by atoms with Gasteiger partial charge in [-0.15, -0.1) is 35.7 Å². The van der Waals surface area contributed by atoms with Gasteiger partial charge in [0.2, 0.25) is 0 Å². The summed E-state index contributed by atoms with van der Waals surface area (Å²) < 4.78 is 10.7. The molecule has 0 amide bonds. The monoisotopic (exact) mass is 708 g/mol. The first-order valence-corrected chi connectivity index (χ1v) is 15.8. The molecule has 47 heavy (non-hydrogen) atoms. The summed E-state index contributed by atoms with van der Waals surface area (Å²) in [6, 6.07) is 40.2. The van der Waals surface area contributed by atoms with Gasteiger partial charge in [-0.05, 0) is 47.3 Å². The fourth-order valence-corrected chi connectivity index (χ4v) is 6.24. The van der Waals surface area contributed by atoms with Crippen LogP contribution < -0.4 is 4.74 Å². The number of hydrogen-bond donors (Lipinski definition) is 0. The van der Waals surface area contributed by atoms with Gasteiger partial charge in [0, 0.05) is 39.6 Å². The average molecular weight is 709 g/mol. The molecule has 0 aliphatic carbocycles. The molecular weight excluding hydrogens is 671 g/mol. The molecule has 238 valence electrons. The molecule has 7 aromatic rings. The maximum Gasteiger partial charge on any atom is 2.00 e. The first kappa shape index (κ1) is 32.4. The summed E-state index contributed by atoms with van der Waals surface area (Å²) in [5.41, 5.74) is 8.14. The average Bonchev–Trinajstić information content (AvgIpc) is 3.59. The van der Waals surface area contributed by atoms with Gasteiger partial charge in [-0.1, -0.05) is 95.6 Å². The van der Waals surface area contributed by atoms with E-state index in [1.54, 1.807) is 0 Å². The number of para-hydroxylation sites is 1. The SMILES string of the molecule is Cc1ccnc(-n2c3[c-]c(Oc4[c-]c(-n5nc(C(C)(C)C)c(-c6ccccc6)c5C(C)(C)C)ccc4)ccc3c3ccccc32)c1.[Pd+2]. The molecule has 0 radical (unpaired) electrons. The van der Waals surface area contributed by atoms with Gasteiger partial charge in [0.25, 0.3) is 0 Å². The summed E-state index contributed by atoms with van der Waals surface area (Å²) in [4.78, 5) is 4.70. The van der Waals surface area contributed by atoms with Gasteiger partial charge >= 0.3 is 20.4 Å². The summed E-state index contributed by atoms with van der Waals surface area (Å²) in [5, 5.41) is 7.52. The molecule has 5 nitrogen and oxygen atoms in total. The van der Waals surface area contributed by atoms with Crippen LogP contribution in [-0.4, -0.2) is 19.3 Å². The molecule has 0 saturated carbocycles. The Hall–Kier alpha value is -4.50. The van der Waals surface area contributed by atoms with Crippen molar-refractivity contribution in [1.82, 2.24) is 19.3 Å². The first-order chi connectivity index (χ1) is 22.0. The fraction of sp³-hybridized carbons (Fsp3) is 0.220. The summed E-state index contributed by atoms with van der Waals surface area (Å²) in [6.07, 6.45) is 1.85. The van der Waals surface area contributed by atoms with Crippen LogP contribution in [0.5, 0.6) is 11.5 Å². The van der Waals surface area contributed by atoms with Gasteiger partial charge in [0.15, 0.2) is 0 Å². The fourth-order valence-electron chi connectivity index (χ4n) is 6.24. The normalized spacial score (nSPS) is 12.0. The van der Waals surface area contributed by atoms with Crippen LogP contribution in [0.2, 0.25) is 0 Å². The third-order valence-electron chi connectivity index (χ3n) is 8.26. The van der Waals surface area contributed by atoms with Crippen molar-refractivity contribution in [2.45, 2.75) is 59.3 Å². The van der Waals surface area contributed by atoms with Crippen LogP contribution in [0.3, 0.4) is 0 Å². The van der Waals surface area contributed by atoms with Gasteiger partial charge in [-0.3, -0.25) is 4.68 Å². The zero-order valence-corrected chi connectivity index (χ0v) is 29.4. The van der Waals surface area contributed by atoms with Crippen molar-refractivity contribution in [3.8, 4) is 34.1 Å². The molecule has 0 N–H and O–H groups in total. The Morgan fingerprint density at radius 1 is 0.702 bits per heavy atom. The molecule has 4 aromatic carbocycles. The van der Waals surface area contributed by atoms with Crippen molar-refractivity contribution >= 4 is 21.8 Å². The largest absolute Gasteiger partial charge is 2.00 e. The van der Waals surface area contributed by atoms with E-state index < -0.39 is 0 Å². The molecule has 0 aliphatic rings. The second kappa shape index (κ2) is 12.3. The van der Waals surface area contributed by atoms with E-state index >= 15 is 0 Å². The Morgan fingerprint density at radius 2 is 1.43 bits per heavy atom. The van der Waals surface area contributed by atoms with Gasteiger partial charge < -0.3 is 9.30 Å². The molecule has 0 fully saturated rings. The quantitative estimate of drug-likeness (QED) is 0.132. The second-order valence-corrected chi connectivity index (χ2v) is 14.0. The van der Waals surface area contributed by atoms with E-state index in [0.717, 1.165) is 55.8 Å². The van der Waals surface area contributed by atoms with Crippen molar-refractivity contribution < 1.29 is 25.2 Å². The van der Waals surface area contributed by atoms with Crippen molar-refractivity contribution in [1.29, 1.82) is 0 Å². The molecule has 7 rings (SSSR count). The zero-order chi connectivity index (χ0) is 32.2. The van der Waals surface area contributed by atoms with Gasteiger partial charge in [0.1, 0.15) is 5.82 Å². The number of rotatable bonds is 5. The number of ether oxygens (including phenoxy) is 1. The number of fused-ring (bicyclic) bond motifs is 3. The van der Waals surface area contributed by atoms with E-state index in [0.29, 0.717) is 11.5 Å². The Morgan fingerprint density at radius 3 is 2.15 bits per heavy atom. The summed E-state index contributed by atoms with van der Waals surface area (Å²) in [5.74, 6) is 2.05. The third kappa shape index (κ3) is 6.05. The standard InChI is InChI=1S/C41H38N4O.Pd/c1-27-22-23-42-36(24-27)44-34-19-12-11-18-32(34)33-21-20-31(26-35(33)44)46-30-17-13-16-29(25-30)45-39(41(5,6)7)37(28-14-9-8-10-15-28)38(43-45)40(2,3)4;/h8-24H,1-7H3;/q-2;+2. The van der Waals surface area contributed by atoms with Crippen LogP contribution in [0.25, 0.3) is 44.4 Å². The number of aryl methyl sites for hydroxylation is 1. The zero-order valence-electron chi connectivity index (χ0n) is 27.8. The maximum atomic E-state index is 6.49. The van der Waals surface area contributed by atoms with E-state index in [4.69, 9.17) is 14.8 Å². The van der Waals surface area contributed by atoms with Crippen molar-refractivity contribution in [3.63, 3.8) is 0 Å². The number of hydrogen-bond acceptors (Lipinski definition) is 3. The Bertz CT molecular complexity index is 2220. The minimum absolute atomic E-state index is 0. The van der Waals surface area contributed by atoms with Gasteiger partial charge in [0.05, 0.1) is 11.4 Å². The van der Waals surface area contributed by atoms with Gasteiger partial charge in [-0.2, -0.15) is 17.2 Å². The predicted octanol–water partition coefficient (Wildman–Crippen LogP) is 10.3. The Kier molecular flexibility index (Phi) is 8.47. The summed E-state index contributed by atoms with van der Waals surface area (Å²) in [6.45, 7) is 15.5. The Balaban J connectivity index is 0.00000386. The van der Waals surface area contributed by atoms with Crippen LogP contribution in [0, 0.1) is 19.1 Å². The maximum absolute atomic E-state index is 6.49. The van der Waals surface area contributed by atoms with Crippen LogP contribution in [0.4, 0.5) is 0 Å². The molecule has 6 heteroatoms. The van der Waals surface area contributed by atoms with E-state index in [-0.39, 0.29) is 31.3 Å². The molecule has 3 aromatic heterocycles. The van der Waals surface area contributed by atoms with E-state index in [2.05, 4.69) is 137 Å².